The maximum absolute atomic E-state index is 12.9. The lowest BCUT2D eigenvalue weighted by molar-refractivity contribution is -0.137. The molecule has 0 N–H and O–H groups in total. The average molecular weight is 287 g/mol. The quantitative estimate of drug-likeness (QED) is 0.597. The van der Waals surface area contributed by atoms with Crippen LogP contribution in [0.25, 0.3) is 22.0 Å². The standard InChI is InChI=1S/C17H12F3N/c1-11-9-12-5-2-3-8-15(12)16(21-11)13-6-4-7-14(10-13)17(18,19)20/h2-10H,1H3. The molecule has 1 nitrogen and oxygen atoms in total. The highest BCUT2D eigenvalue weighted by Gasteiger charge is 2.30. The zero-order chi connectivity index (χ0) is 15.0. The van der Waals surface area contributed by atoms with Crippen LogP contribution in [0, 0.1) is 6.92 Å². The Morgan fingerprint density at radius 3 is 2.43 bits per heavy atom. The zero-order valence-corrected chi connectivity index (χ0v) is 11.3. The van der Waals surface area contributed by atoms with E-state index in [0.29, 0.717) is 11.3 Å². The van der Waals surface area contributed by atoms with Crippen LogP contribution in [0.4, 0.5) is 13.2 Å². The first kappa shape index (κ1) is 13.6. The van der Waals surface area contributed by atoms with Gasteiger partial charge in [0.15, 0.2) is 0 Å². The first-order valence-corrected chi connectivity index (χ1v) is 6.49. The Balaban J connectivity index is 2.26. The van der Waals surface area contributed by atoms with Gasteiger partial charge in [0.1, 0.15) is 0 Å². The van der Waals surface area contributed by atoms with Crippen molar-refractivity contribution in [2.45, 2.75) is 13.1 Å². The third kappa shape index (κ3) is 2.61. The summed E-state index contributed by atoms with van der Waals surface area (Å²) in [5, 5.41) is 1.82. The van der Waals surface area contributed by atoms with Gasteiger partial charge in [-0.2, -0.15) is 13.2 Å². The molecule has 0 unspecified atom stereocenters. The van der Waals surface area contributed by atoms with Crippen molar-refractivity contribution in [2.75, 3.05) is 0 Å². The van der Waals surface area contributed by atoms with E-state index in [-0.39, 0.29) is 0 Å². The third-order valence-corrected chi connectivity index (χ3v) is 3.33. The molecule has 1 heterocycles. The van der Waals surface area contributed by atoms with Gasteiger partial charge in [-0.25, -0.2) is 0 Å². The topological polar surface area (TPSA) is 12.9 Å². The molecule has 106 valence electrons. The molecule has 0 saturated heterocycles. The fraction of sp³-hybridized carbons (Fsp3) is 0.118. The van der Waals surface area contributed by atoms with Gasteiger partial charge < -0.3 is 0 Å². The number of pyridine rings is 1. The van der Waals surface area contributed by atoms with Crippen LogP contribution in [0.15, 0.2) is 54.6 Å². The molecule has 0 spiro atoms. The Kier molecular flexibility index (Phi) is 3.16. The molecule has 3 aromatic rings. The summed E-state index contributed by atoms with van der Waals surface area (Å²) in [5.41, 5.74) is 1.18. The molecule has 0 radical (unpaired) electrons. The van der Waals surface area contributed by atoms with Crippen LogP contribution in [0.5, 0.6) is 0 Å². The van der Waals surface area contributed by atoms with Crippen LogP contribution in [-0.4, -0.2) is 4.98 Å². The van der Waals surface area contributed by atoms with Gasteiger partial charge in [0.2, 0.25) is 0 Å². The summed E-state index contributed by atoms with van der Waals surface area (Å²) in [6.45, 7) is 1.84. The van der Waals surface area contributed by atoms with Crippen LogP contribution < -0.4 is 0 Å². The van der Waals surface area contributed by atoms with Gasteiger partial charge in [-0.15, -0.1) is 0 Å². The second-order valence-electron chi connectivity index (χ2n) is 4.91. The first-order valence-electron chi connectivity index (χ1n) is 6.49. The van der Waals surface area contributed by atoms with Gasteiger partial charge in [0.25, 0.3) is 0 Å². The number of hydrogen-bond donors (Lipinski definition) is 0. The minimum absolute atomic E-state index is 0.477. The first-order chi connectivity index (χ1) is 9.95. The van der Waals surface area contributed by atoms with E-state index >= 15 is 0 Å². The van der Waals surface area contributed by atoms with E-state index in [0.717, 1.165) is 28.6 Å². The number of rotatable bonds is 1. The van der Waals surface area contributed by atoms with E-state index < -0.39 is 11.7 Å². The monoisotopic (exact) mass is 287 g/mol. The number of benzene rings is 2. The van der Waals surface area contributed by atoms with Crippen molar-refractivity contribution in [3.63, 3.8) is 0 Å². The van der Waals surface area contributed by atoms with E-state index in [4.69, 9.17) is 0 Å². The van der Waals surface area contributed by atoms with Gasteiger partial charge in [-0.3, -0.25) is 4.98 Å². The fourth-order valence-corrected chi connectivity index (χ4v) is 2.40. The number of aromatic nitrogens is 1. The minimum Gasteiger partial charge on any atom is -0.252 e. The lowest BCUT2D eigenvalue weighted by Gasteiger charge is -2.11. The lowest BCUT2D eigenvalue weighted by atomic mass is 10.0. The molecular formula is C17H12F3N. The van der Waals surface area contributed by atoms with Crippen LogP contribution >= 0.6 is 0 Å². The molecule has 3 rings (SSSR count). The highest BCUT2D eigenvalue weighted by atomic mass is 19.4. The van der Waals surface area contributed by atoms with Gasteiger partial charge in [-0.05, 0) is 30.5 Å². The van der Waals surface area contributed by atoms with Crippen molar-refractivity contribution in [1.82, 2.24) is 4.98 Å². The molecule has 0 aliphatic rings. The van der Waals surface area contributed by atoms with Crippen LogP contribution in [0.2, 0.25) is 0 Å². The van der Waals surface area contributed by atoms with Crippen LogP contribution in [0.3, 0.4) is 0 Å². The Hall–Kier alpha value is -2.36. The van der Waals surface area contributed by atoms with E-state index in [9.17, 15) is 13.2 Å². The van der Waals surface area contributed by atoms with Crippen molar-refractivity contribution in [2.24, 2.45) is 0 Å². The van der Waals surface area contributed by atoms with Crippen LogP contribution in [0.1, 0.15) is 11.3 Å². The molecule has 0 amide bonds. The number of alkyl halides is 3. The Labute approximate surface area is 120 Å². The van der Waals surface area contributed by atoms with Crippen molar-refractivity contribution in [3.05, 3.63) is 65.9 Å². The number of halogens is 3. The highest BCUT2D eigenvalue weighted by Crippen LogP contribution is 2.33. The van der Waals surface area contributed by atoms with Crippen molar-refractivity contribution in [1.29, 1.82) is 0 Å². The third-order valence-electron chi connectivity index (χ3n) is 3.33. The molecule has 0 bridgehead atoms. The Bertz CT molecular complexity index is 806. The largest absolute Gasteiger partial charge is 0.416 e. The predicted octanol–water partition coefficient (Wildman–Crippen LogP) is 5.23. The molecule has 0 aliphatic heterocycles. The van der Waals surface area contributed by atoms with Gasteiger partial charge in [0.05, 0.1) is 11.3 Å². The maximum Gasteiger partial charge on any atom is 0.416 e. The Morgan fingerprint density at radius 1 is 0.905 bits per heavy atom. The summed E-state index contributed by atoms with van der Waals surface area (Å²) in [7, 11) is 0. The molecule has 0 aliphatic carbocycles. The summed E-state index contributed by atoms with van der Waals surface area (Å²) >= 11 is 0. The Morgan fingerprint density at radius 2 is 1.67 bits per heavy atom. The van der Waals surface area contributed by atoms with Gasteiger partial charge in [0, 0.05) is 16.6 Å². The number of aryl methyl sites for hydroxylation is 1. The van der Waals surface area contributed by atoms with Crippen LogP contribution in [-0.2, 0) is 6.18 Å². The van der Waals surface area contributed by atoms with E-state index in [1.807, 2.05) is 37.3 Å². The van der Waals surface area contributed by atoms with Gasteiger partial charge in [-0.1, -0.05) is 36.4 Å². The molecule has 2 aromatic carbocycles. The second-order valence-corrected chi connectivity index (χ2v) is 4.91. The number of fused-ring (bicyclic) bond motifs is 1. The normalized spacial score (nSPS) is 11.8. The molecule has 1 aromatic heterocycles. The lowest BCUT2D eigenvalue weighted by Crippen LogP contribution is -2.04. The summed E-state index contributed by atoms with van der Waals surface area (Å²) in [5.74, 6) is 0. The summed E-state index contributed by atoms with van der Waals surface area (Å²) in [6, 6.07) is 14.8. The fourth-order valence-electron chi connectivity index (χ4n) is 2.40. The zero-order valence-electron chi connectivity index (χ0n) is 11.3. The van der Waals surface area contributed by atoms with E-state index in [1.165, 1.54) is 6.07 Å². The second kappa shape index (κ2) is 4.88. The molecule has 0 fully saturated rings. The van der Waals surface area contributed by atoms with E-state index in [1.54, 1.807) is 6.07 Å². The average Bonchev–Trinajstić information content (AvgIpc) is 2.45. The highest BCUT2D eigenvalue weighted by molar-refractivity contribution is 5.94. The molecule has 0 saturated carbocycles. The van der Waals surface area contributed by atoms with Crippen molar-refractivity contribution >= 4 is 10.8 Å². The molecular weight excluding hydrogens is 275 g/mol. The molecule has 4 heteroatoms. The maximum atomic E-state index is 12.9. The molecule has 21 heavy (non-hydrogen) atoms. The summed E-state index contributed by atoms with van der Waals surface area (Å²) < 4.78 is 38.6. The molecule has 0 atom stereocenters. The summed E-state index contributed by atoms with van der Waals surface area (Å²) in [6.07, 6.45) is -4.35. The summed E-state index contributed by atoms with van der Waals surface area (Å²) in [4.78, 5) is 4.43. The minimum atomic E-state index is -4.35. The predicted molar refractivity (Wildman–Crippen MR) is 76.9 cm³/mol. The van der Waals surface area contributed by atoms with Crippen molar-refractivity contribution in [3.8, 4) is 11.3 Å². The number of nitrogens with zero attached hydrogens (tertiary/aromatic N) is 1. The van der Waals surface area contributed by atoms with Crippen molar-refractivity contribution < 1.29 is 13.2 Å². The van der Waals surface area contributed by atoms with Gasteiger partial charge >= 0.3 is 6.18 Å². The SMILES string of the molecule is Cc1cc2ccccc2c(-c2cccc(C(F)(F)F)c2)n1. The number of hydrogen-bond acceptors (Lipinski definition) is 1. The smallest absolute Gasteiger partial charge is 0.252 e. The van der Waals surface area contributed by atoms with E-state index in [2.05, 4.69) is 4.98 Å².